The number of rotatable bonds is 1. The van der Waals surface area contributed by atoms with Crippen LogP contribution in [0.2, 0.25) is 0 Å². The standard InChI is InChI=1S/C16H26O/c1-10(2)14-9-16-12(4)6-7-13(16)11(3)8-15(14,5)17-16/h10,12-14H,3,6-9H2,1-2,4-5H3. The molecular formula is C16H26O. The van der Waals surface area contributed by atoms with Gasteiger partial charge >= 0.3 is 0 Å². The first-order valence-electron chi connectivity index (χ1n) is 7.27. The number of hydrogen-bond donors (Lipinski definition) is 0. The Morgan fingerprint density at radius 2 is 2.06 bits per heavy atom. The van der Waals surface area contributed by atoms with Gasteiger partial charge in [-0.3, -0.25) is 0 Å². The molecule has 96 valence electrons. The summed E-state index contributed by atoms with van der Waals surface area (Å²) in [6.45, 7) is 13.8. The zero-order valence-electron chi connectivity index (χ0n) is 11.8. The van der Waals surface area contributed by atoms with Gasteiger partial charge in [0.25, 0.3) is 0 Å². The molecule has 3 fully saturated rings. The molecular weight excluding hydrogens is 208 g/mol. The minimum atomic E-state index is 0.0698. The van der Waals surface area contributed by atoms with Crippen LogP contribution in [0.3, 0.4) is 0 Å². The fraction of sp³-hybridized carbons (Fsp3) is 0.875. The van der Waals surface area contributed by atoms with Crippen LogP contribution in [0.15, 0.2) is 12.2 Å². The highest BCUT2D eigenvalue weighted by Gasteiger charge is 2.65. The van der Waals surface area contributed by atoms with Gasteiger partial charge in [0.15, 0.2) is 0 Å². The topological polar surface area (TPSA) is 9.23 Å². The van der Waals surface area contributed by atoms with Crippen LogP contribution in [0.25, 0.3) is 0 Å². The summed E-state index contributed by atoms with van der Waals surface area (Å²) in [4.78, 5) is 0. The van der Waals surface area contributed by atoms with Crippen molar-refractivity contribution in [1.82, 2.24) is 0 Å². The predicted molar refractivity (Wildman–Crippen MR) is 70.8 cm³/mol. The van der Waals surface area contributed by atoms with Crippen molar-refractivity contribution in [2.45, 2.75) is 64.6 Å². The maximum atomic E-state index is 6.69. The Hall–Kier alpha value is -0.300. The van der Waals surface area contributed by atoms with E-state index in [1.807, 2.05) is 0 Å². The van der Waals surface area contributed by atoms with Crippen molar-refractivity contribution in [3.63, 3.8) is 0 Å². The fourth-order valence-electron chi connectivity index (χ4n) is 5.11. The average Bonchev–Trinajstić information content (AvgIpc) is 2.65. The molecule has 0 aromatic rings. The maximum Gasteiger partial charge on any atom is 0.0784 e. The number of ether oxygens (including phenoxy) is 1. The summed E-state index contributed by atoms with van der Waals surface area (Å²) in [7, 11) is 0. The second-order valence-corrected chi connectivity index (χ2v) is 7.29. The van der Waals surface area contributed by atoms with Gasteiger partial charge < -0.3 is 4.74 Å². The molecule has 1 heteroatoms. The van der Waals surface area contributed by atoms with Crippen molar-refractivity contribution in [1.29, 1.82) is 0 Å². The van der Waals surface area contributed by atoms with Crippen LogP contribution < -0.4 is 0 Å². The minimum Gasteiger partial charge on any atom is -0.367 e. The van der Waals surface area contributed by atoms with E-state index in [2.05, 4.69) is 34.3 Å². The lowest BCUT2D eigenvalue weighted by Crippen LogP contribution is -2.47. The minimum absolute atomic E-state index is 0.0698. The van der Waals surface area contributed by atoms with Crippen LogP contribution >= 0.6 is 0 Å². The molecule has 0 radical (unpaired) electrons. The molecule has 2 heterocycles. The van der Waals surface area contributed by atoms with Crippen molar-refractivity contribution in [3.8, 4) is 0 Å². The van der Waals surface area contributed by atoms with Crippen molar-refractivity contribution in [3.05, 3.63) is 12.2 Å². The van der Waals surface area contributed by atoms with Crippen LogP contribution in [0.5, 0.6) is 0 Å². The van der Waals surface area contributed by atoms with Gasteiger partial charge in [0.1, 0.15) is 0 Å². The Labute approximate surface area is 106 Å². The molecule has 0 N–H and O–H groups in total. The second-order valence-electron chi connectivity index (χ2n) is 7.29. The van der Waals surface area contributed by atoms with E-state index in [9.17, 15) is 0 Å². The van der Waals surface area contributed by atoms with Crippen LogP contribution in [0, 0.1) is 23.7 Å². The Morgan fingerprint density at radius 3 is 2.71 bits per heavy atom. The van der Waals surface area contributed by atoms with E-state index < -0.39 is 0 Å². The summed E-state index contributed by atoms with van der Waals surface area (Å²) < 4.78 is 6.69. The third-order valence-corrected chi connectivity index (χ3v) is 5.93. The molecule has 3 rings (SSSR count). The molecule has 5 unspecified atom stereocenters. The molecule has 17 heavy (non-hydrogen) atoms. The summed E-state index contributed by atoms with van der Waals surface area (Å²) in [5.74, 6) is 2.80. The highest BCUT2D eigenvalue weighted by atomic mass is 16.5. The van der Waals surface area contributed by atoms with Gasteiger partial charge in [0.2, 0.25) is 0 Å². The van der Waals surface area contributed by atoms with Crippen LogP contribution in [0.4, 0.5) is 0 Å². The number of fused-ring (bicyclic) bond motifs is 1. The summed E-state index contributed by atoms with van der Waals surface area (Å²) in [5, 5.41) is 0. The molecule has 2 aliphatic heterocycles. The van der Waals surface area contributed by atoms with Crippen molar-refractivity contribution in [2.24, 2.45) is 23.7 Å². The Balaban J connectivity index is 2.04. The monoisotopic (exact) mass is 234 g/mol. The van der Waals surface area contributed by atoms with Crippen molar-refractivity contribution in [2.75, 3.05) is 0 Å². The Bertz CT molecular complexity index is 359. The van der Waals surface area contributed by atoms with Gasteiger partial charge in [0, 0.05) is 5.92 Å². The zero-order chi connectivity index (χ0) is 12.4. The summed E-state index contributed by atoms with van der Waals surface area (Å²) in [5.41, 5.74) is 1.70. The fourth-order valence-corrected chi connectivity index (χ4v) is 5.11. The van der Waals surface area contributed by atoms with E-state index >= 15 is 0 Å². The highest BCUT2D eigenvalue weighted by Crippen LogP contribution is 2.64. The van der Waals surface area contributed by atoms with E-state index in [-0.39, 0.29) is 11.2 Å². The van der Waals surface area contributed by atoms with Gasteiger partial charge in [-0.05, 0) is 50.4 Å². The lowest BCUT2D eigenvalue weighted by atomic mass is 9.76. The van der Waals surface area contributed by atoms with Gasteiger partial charge in [-0.2, -0.15) is 0 Å². The Morgan fingerprint density at radius 1 is 1.35 bits per heavy atom. The molecule has 2 saturated heterocycles. The van der Waals surface area contributed by atoms with Crippen LogP contribution in [0.1, 0.15) is 53.4 Å². The lowest BCUT2D eigenvalue weighted by molar-refractivity contribution is -0.155. The summed E-state index contributed by atoms with van der Waals surface area (Å²) in [6.07, 6.45) is 4.99. The highest BCUT2D eigenvalue weighted by molar-refractivity contribution is 5.25. The average molecular weight is 234 g/mol. The van der Waals surface area contributed by atoms with E-state index in [4.69, 9.17) is 4.74 Å². The molecule has 1 aliphatic carbocycles. The second kappa shape index (κ2) is 3.38. The van der Waals surface area contributed by atoms with Gasteiger partial charge in [-0.25, -0.2) is 0 Å². The molecule has 1 nitrogen and oxygen atoms in total. The third kappa shape index (κ3) is 1.35. The molecule has 0 aromatic heterocycles. The van der Waals surface area contributed by atoms with E-state index in [0.717, 1.165) is 12.3 Å². The lowest BCUT2D eigenvalue weighted by Gasteiger charge is -2.45. The van der Waals surface area contributed by atoms with Crippen molar-refractivity contribution >= 4 is 0 Å². The maximum absolute atomic E-state index is 6.69. The SMILES string of the molecule is C=C1CC2(C)OC3(CC2C(C)C)C(C)CCC13. The molecule has 5 atom stereocenters. The van der Waals surface area contributed by atoms with Crippen LogP contribution in [-0.2, 0) is 4.74 Å². The predicted octanol–water partition coefficient (Wildman–Crippen LogP) is 4.18. The van der Waals surface area contributed by atoms with E-state index in [1.165, 1.54) is 24.8 Å². The van der Waals surface area contributed by atoms with Crippen LogP contribution in [-0.4, -0.2) is 11.2 Å². The largest absolute Gasteiger partial charge is 0.367 e. The van der Waals surface area contributed by atoms with Gasteiger partial charge in [-0.15, -0.1) is 0 Å². The molecule has 0 aromatic carbocycles. The molecule has 1 saturated carbocycles. The van der Waals surface area contributed by atoms with Gasteiger partial charge in [-0.1, -0.05) is 32.9 Å². The summed E-state index contributed by atoms with van der Waals surface area (Å²) >= 11 is 0. The third-order valence-electron chi connectivity index (χ3n) is 5.93. The first-order valence-corrected chi connectivity index (χ1v) is 7.27. The quantitative estimate of drug-likeness (QED) is 0.618. The molecule has 1 spiro atoms. The first-order chi connectivity index (χ1) is 7.89. The molecule has 3 aliphatic rings. The zero-order valence-corrected chi connectivity index (χ0v) is 11.8. The number of hydrogen-bond acceptors (Lipinski definition) is 1. The first kappa shape index (κ1) is 11.8. The molecule has 0 amide bonds. The van der Waals surface area contributed by atoms with E-state index in [0.29, 0.717) is 17.8 Å². The summed E-state index contributed by atoms with van der Waals surface area (Å²) in [6, 6.07) is 0. The van der Waals surface area contributed by atoms with E-state index in [1.54, 1.807) is 0 Å². The smallest absolute Gasteiger partial charge is 0.0784 e. The van der Waals surface area contributed by atoms with Gasteiger partial charge in [0.05, 0.1) is 11.2 Å². The molecule has 2 bridgehead atoms. The Kier molecular flexibility index (Phi) is 2.34. The normalized spacial score (nSPS) is 53.2. The van der Waals surface area contributed by atoms with Crippen molar-refractivity contribution < 1.29 is 4.74 Å².